The standard InChI is InChI=1S/C16H16N6O5S4/c1-5-20-21-16(31-5)30-3-6-2-28-13-8(12(25)22(13)9(6)14(26)27)19-11(24)10(23)7-4-29-15(17)18-7/h4,8,10,13,23H,2-3H2,1H3,(H2,17,18)(H,19,24)(H,26,27). The number of aliphatic hydroxyl groups is 1. The number of fused-ring (bicyclic) bond motifs is 1. The van der Waals surface area contributed by atoms with Crippen LogP contribution in [0.15, 0.2) is 21.0 Å². The maximum absolute atomic E-state index is 12.7. The lowest BCUT2D eigenvalue weighted by atomic mass is 10.0. The molecular formula is C16H16N6O5S4. The Labute approximate surface area is 192 Å². The number of aromatic nitrogens is 3. The molecule has 3 atom stereocenters. The molecule has 2 aromatic heterocycles. The second-order valence-electron chi connectivity index (χ2n) is 6.54. The van der Waals surface area contributed by atoms with Crippen molar-refractivity contribution in [2.75, 3.05) is 17.2 Å². The van der Waals surface area contributed by atoms with E-state index >= 15 is 0 Å². The molecule has 2 aromatic rings. The molecule has 1 saturated heterocycles. The van der Waals surface area contributed by atoms with Gasteiger partial charge in [-0.05, 0) is 12.5 Å². The highest BCUT2D eigenvalue weighted by molar-refractivity contribution is 8.01. The lowest BCUT2D eigenvalue weighted by Crippen LogP contribution is -2.70. The lowest BCUT2D eigenvalue weighted by Gasteiger charge is -2.49. The lowest BCUT2D eigenvalue weighted by molar-refractivity contribution is -0.151. The van der Waals surface area contributed by atoms with Gasteiger partial charge in [0.05, 0.1) is 5.69 Å². The molecule has 2 aliphatic heterocycles. The SMILES string of the molecule is Cc1nnc(SCC2=C(C(=O)O)N3C(=O)C(NC(=O)C(O)c4csc(N)n4)C3SC2)s1. The van der Waals surface area contributed by atoms with E-state index in [-0.39, 0.29) is 16.5 Å². The van der Waals surface area contributed by atoms with E-state index in [0.29, 0.717) is 17.1 Å². The molecule has 0 aliphatic carbocycles. The Morgan fingerprint density at radius 3 is 2.84 bits per heavy atom. The molecule has 31 heavy (non-hydrogen) atoms. The summed E-state index contributed by atoms with van der Waals surface area (Å²) in [6.45, 7) is 1.83. The minimum Gasteiger partial charge on any atom is -0.477 e. The fourth-order valence-electron chi connectivity index (χ4n) is 3.07. The predicted molar refractivity (Wildman–Crippen MR) is 117 cm³/mol. The van der Waals surface area contributed by atoms with Crippen LogP contribution in [0.1, 0.15) is 16.8 Å². The highest BCUT2D eigenvalue weighted by atomic mass is 32.2. The van der Waals surface area contributed by atoms with E-state index in [0.717, 1.165) is 20.7 Å². The van der Waals surface area contributed by atoms with Gasteiger partial charge in [0.1, 0.15) is 22.1 Å². The monoisotopic (exact) mass is 500 g/mol. The summed E-state index contributed by atoms with van der Waals surface area (Å²) in [4.78, 5) is 42.0. The van der Waals surface area contributed by atoms with Crippen molar-refractivity contribution in [3.05, 3.63) is 27.4 Å². The normalized spacial score (nSPS) is 21.5. The van der Waals surface area contributed by atoms with Crippen LogP contribution in [0, 0.1) is 6.92 Å². The summed E-state index contributed by atoms with van der Waals surface area (Å²) in [5.41, 5.74) is 6.14. The van der Waals surface area contributed by atoms with Crippen LogP contribution >= 0.6 is 46.2 Å². The number of hydrogen-bond acceptors (Lipinski definition) is 12. The zero-order valence-corrected chi connectivity index (χ0v) is 19.1. The second kappa shape index (κ2) is 8.74. The van der Waals surface area contributed by atoms with Crippen LogP contribution in [0.25, 0.3) is 0 Å². The van der Waals surface area contributed by atoms with Gasteiger partial charge in [0, 0.05) is 16.9 Å². The Morgan fingerprint density at radius 2 is 2.23 bits per heavy atom. The number of aliphatic carboxylic acids is 1. The Balaban J connectivity index is 1.45. The largest absolute Gasteiger partial charge is 0.477 e. The van der Waals surface area contributed by atoms with Crippen LogP contribution < -0.4 is 11.1 Å². The van der Waals surface area contributed by atoms with Gasteiger partial charge in [0.15, 0.2) is 15.6 Å². The number of hydrogen-bond donors (Lipinski definition) is 4. The van der Waals surface area contributed by atoms with E-state index in [1.807, 2.05) is 6.92 Å². The molecule has 2 amide bonds. The van der Waals surface area contributed by atoms with Crippen molar-refractivity contribution in [3.8, 4) is 0 Å². The molecule has 4 rings (SSSR count). The molecule has 0 spiro atoms. The highest BCUT2D eigenvalue weighted by Gasteiger charge is 2.54. The number of nitrogens with two attached hydrogens (primary N) is 1. The minimum atomic E-state index is -1.57. The molecule has 164 valence electrons. The molecule has 0 saturated carbocycles. The first-order chi connectivity index (χ1) is 14.8. The number of nitrogen functional groups attached to an aromatic ring is 1. The summed E-state index contributed by atoms with van der Waals surface area (Å²) in [5.74, 6) is -1.79. The first-order valence-corrected chi connectivity index (χ1v) is 12.5. The van der Waals surface area contributed by atoms with E-state index < -0.39 is 35.3 Å². The molecule has 11 nitrogen and oxygen atoms in total. The molecular weight excluding hydrogens is 484 g/mol. The number of carboxylic acid groups (broad SMARTS) is 1. The number of β-lactam (4-membered cyclic amide) rings is 1. The van der Waals surface area contributed by atoms with E-state index in [9.17, 15) is 24.6 Å². The first kappa shape index (κ1) is 22.0. The number of nitrogens with zero attached hydrogens (tertiary/aromatic N) is 4. The summed E-state index contributed by atoms with van der Waals surface area (Å²) >= 11 is 5.22. The van der Waals surface area contributed by atoms with Gasteiger partial charge in [-0.25, -0.2) is 9.78 Å². The molecule has 0 aromatic carbocycles. The Bertz CT molecular complexity index is 1080. The smallest absolute Gasteiger partial charge is 0.352 e. The summed E-state index contributed by atoms with van der Waals surface area (Å²) in [7, 11) is 0. The van der Waals surface area contributed by atoms with Gasteiger partial charge >= 0.3 is 5.97 Å². The molecule has 3 unspecified atom stereocenters. The van der Waals surface area contributed by atoms with E-state index in [4.69, 9.17) is 5.73 Å². The van der Waals surface area contributed by atoms with Crippen molar-refractivity contribution in [3.63, 3.8) is 0 Å². The Hall–Kier alpha value is -2.20. The summed E-state index contributed by atoms with van der Waals surface area (Å²) < 4.78 is 0.721. The van der Waals surface area contributed by atoms with Gasteiger partial charge in [-0.2, -0.15) is 0 Å². The van der Waals surface area contributed by atoms with Crippen molar-refractivity contribution >= 4 is 69.1 Å². The zero-order valence-electron chi connectivity index (χ0n) is 15.8. The van der Waals surface area contributed by atoms with Crippen molar-refractivity contribution in [1.82, 2.24) is 25.4 Å². The molecule has 1 fully saturated rings. The minimum absolute atomic E-state index is 0.0687. The number of carbonyl (C=O) groups excluding carboxylic acids is 2. The summed E-state index contributed by atoms with van der Waals surface area (Å²) in [6, 6.07) is -0.933. The third-order valence-corrected chi connectivity index (χ3v) is 8.58. The average molecular weight is 501 g/mol. The quantitative estimate of drug-likeness (QED) is 0.307. The maximum atomic E-state index is 12.7. The number of nitrogens with one attached hydrogen (secondary N) is 1. The molecule has 2 aliphatic rings. The van der Waals surface area contributed by atoms with Gasteiger partial charge in [-0.15, -0.1) is 33.3 Å². The molecule has 0 radical (unpaired) electrons. The number of anilines is 1. The summed E-state index contributed by atoms with van der Waals surface area (Å²) in [5, 5.41) is 32.2. The number of aliphatic hydroxyl groups excluding tert-OH is 1. The Morgan fingerprint density at radius 1 is 1.45 bits per heavy atom. The van der Waals surface area contributed by atoms with Crippen molar-refractivity contribution in [2.45, 2.75) is 28.8 Å². The van der Waals surface area contributed by atoms with Gasteiger partial charge in [-0.3, -0.25) is 14.5 Å². The van der Waals surface area contributed by atoms with Crippen LogP contribution in [0.3, 0.4) is 0 Å². The molecule has 0 bridgehead atoms. The second-order valence-corrected chi connectivity index (χ2v) is 10.9. The number of carboxylic acids is 1. The average Bonchev–Trinajstić information content (AvgIpc) is 3.36. The topological polar surface area (TPSA) is 172 Å². The molecule has 5 N–H and O–H groups in total. The van der Waals surface area contributed by atoms with Gasteiger partial charge < -0.3 is 21.3 Å². The van der Waals surface area contributed by atoms with Crippen LogP contribution in [-0.2, 0) is 14.4 Å². The number of aryl methyl sites for hydroxylation is 1. The van der Waals surface area contributed by atoms with Crippen LogP contribution in [-0.4, -0.2) is 71.0 Å². The maximum Gasteiger partial charge on any atom is 0.352 e. The van der Waals surface area contributed by atoms with Gasteiger partial charge in [-0.1, -0.05) is 23.1 Å². The van der Waals surface area contributed by atoms with Crippen molar-refractivity contribution < 1.29 is 24.6 Å². The fourth-order valence-corrected chi connectivity index (χ4v) is 6.95. The van der Waals surface area contributed by atoms with Crippen LogP contribution in [0.5, 0.6) is 0 Å². The third kappa shape index (κ3) is 4.27. The number of thioether (sulfide) groups is 2. The van der Waals surface area contributed by atoms with Crippen molar-refractivity contribution in [2.24, 2.45) is 0 Å². The number of rotatable bonds is 7. The van der Waals surface area contributed by atoms with E-state index in [1.165, 1.54) is 45.1 Å². The number of amides is 2. The van der Waals surface area contributed by atoms with Crippen LogP contribution in [0.4, 0.5) is 5.13 Å². The highest BCUT2D eigenvalue weighted by Crippen LogP contribution is 2.42. The summed E-state index contributed by atoms with van der Waals surface area (Å²) in [6.07, 6.45) is -1.57. The number of carbonyl (C=O) groups is 3. The molecule has 15 heteroatoms. The predicted octanol–water partition coefficient (Wildman–Crippen LogP) is 0.450. The Kier molecular flexibility index (Phi) is 6.20. The zero-order chi connectivity index (χ0) is 22.3. The third-order valence-electron chi connectivity index (χ3n) is 4.49. The fraction of sp³-hybridized carbons (Fsp3) is 0.375. The van der Waals surface area contributed by atoms with E-state index in [1.54, 1.807) is 0 Å². The number of thiazole rings is 1. The first-order valence-electron chi connectivity index (χ1n) is 8.78. The van der Waals surface area contributed by atoms with Crippen molar-refractivity contribution in [1.29, 1.82) is 0 Å². The van der Waals surface area contributed by atoms with E-state index in [2.05, 4.69) is 20.5 Å². The molecule has 4 heterocycles. The van der Waals surface area contributed by atoms with Gasteiger partial charge in [0.25, 0.3) is 11.8 Å². The van der Waals surface area contributed by atoms with Gasteiger partial charge in [0.2, 0.25) is 0 Å². The van der Waals surface area contributed by atoms with Crippen LogP contribution in [0.2, 0.25) is 0 Å².